The minimum atomic E-state index is -0.279. The number of likely N-dealkylation sites (tertiary alicyclic amines) is 1. The number of methoxy groups -OCH3 is 1. The molecule has 0 bridgehead atoms. The fraction of sp³-hybridized carbons (Fsp3) is 0.588. The molecule has 5 heteroatoms. The van der Waals surface area contributed by atoms with Crippen LogP contribution in [0.5, 0.6) is 0 Å². The molecule has 1 fully saturated rings. The summed E-state index contributed by atoms with van der Waals surface area (Å²) in [6.07, 6.45) is 4.41. The van der Waals surface area contributed by atoms with Gasteiger partial charge in [0.25, 0.3) is 0 Å². The lowest BCUT2D eigenvalue weighted by molar-refractivity contribution is -0.123. The number of piperidine rings is 1. The maximum Gasteiger partial charge on any atom is 0.234 e. The first-order chi connectivity index (χ1) is 10.7. The van der Waals surface area contributed by atoms with E-state index in [-0.39, 0.29) is 18.3 Å². The van der Waals surface area contributed by atoms with Crippen molar-refractivity contribution in [1.29, 1.82) is 0 Å². The molecule has 0 spiro atoms. The molecule has 1 aliphatic heterocycles. The first-order valence-corrected chi connectivity index (χ1v) is 7.94. The molecule has 0 aliphatic carbocycles. The summed E-state index contributed by atoms with van der Waals surface area (Å²) >= 11 is 0. The molecule has 0 unspecified atom stereocenters. The van der Waals surface area contributed by atoms with Crippen LogP contribution in [0.4, 0.5) is 4.39 Å². The van der Waals surface area contributed by atoms with Crippen LogP contribution in [-0.4, -0.2) is 43.7 Å². The van der Waals surface area contributed by atoms with Crippen molar-refractivity contribution in [3.63, 3.8) is 0 Å². The second kappa shape index (κ2) is 8.86. The van der Waals surface area contributed by atoms with E-state index in [1.165, 1.54) is 12.5 Å². The topological polar surface area (TPSA) is 41.6 Å². The zero-order valence-electron chi connectivity index (χ0n) is 13.2. The summed E-state index contributed by atoms with van der Waals surface area (Å²) in [6, 6.07) is 6.93. The van der Waals surface area contributed by atoms with Crippen LogP contribution >= 0.6 is 0 Å². The van der Waals surface area contributed by atoms with Crippen molar-refractivity contribution in [2.45, 2.75) is 38.3 Å². The monoisotopic (exact) mass is 308 g/mol. The van der Waals surface area contributed by atoms with Crippen LogP contribution in [-0.2, 0) is 16.1 Å². The third-order valence-corrected chi connectivity index (χ3v) is 4.18. The number of carbonyl (C=O) groups is 1. The summed E-state index contributed by atoms with van der Waals surface area (Å²) in [6.45, 7) is 2.28. The Morgan fingerprint density at radius 3 is 3.00 bits per heavy atom. The molecule has 4 nitrogen and oxygen atoms in total. The van der Waals surface area contributed by atoms with E-state index in [9.17, 15) is 9.18 Å². The average molecular weight is 308 g/mol. The zero-order chi connectivity index (χ0) is 15.8. The quantitative estimate of drug-likeness (QED) is 0.840. The second-order valence-electron chi connectivity index (χ2n) is 5.77. The number of hydrogen-bond acceptors (Lipinski definition) is 3. The zero-order valence-corrected chi connectivity index (χ0v) is 13.2. The fourth-order valence-corrected chi connectivity index (χ4v) is 2.92. The number of hydrogen-bond donors (Lipinski definition) is 1. The van der Waals surface area contributed by atoms with Gasteiger partial charge >= 0.3 is 0 Å². The third kappa shape index (κ3) is 5.07. The summed E-state index contributed by atoms with van der Waals surface area (Å²) in [7, 11) is 1.70. The third-order valence-electron chi connectivity index (χ3n) is 4.18. The van der Waals surface area contributed by atoms with Crippen LogP contribution in [0.1, 0.15) is 31.2 Å². The Bertz CT molecular complexity index is 481. The number of benzene rings is 1. The predicted molar refractivity (Wildman–Crippen MR) is 84.0 cm³/mol. The van der Waals surface area contributed by atoms with Crippen LogP contribution in [0, 0.1) is 5.82 Å². The SMILES string of the molecule is COCC[C@@H]1CCCCN1CC(=O)NCc1ccccc1F. The summed E-state index contributed by atoms with van der Waals surface area (Å²) < 4.78 is 18.7. The maximum absolute atomic E-state index is 13.5. The highest BCUT2D eigenvalue weighted by atomic mass is 19.1. The Labute approximate surface area is 131 Å². The molecule has 22 heavy (non-hydrogen) atoms. The molecule has 1 atom stereocenters. The van der Waals surface area contributed by atoms with Gasteiger partial charge < -0.3 is 10.1 Å². The molecule has 1 heterocycles. The molecule has 2 rings (SSSR count). The molecule has 0 saturated carbocycles. The van der Waals surface area contributed by atoms with Crippen molar-refractivity contribution in [2.24, 2.45) is 0 Å². The Kier molecular flexibility index (Phi) is 6.80. The first kappa shape index (κ1) is 16.9. The lowest BCUT2D eigenvalue weighted by Gasteiger charge is -2.35. The van der Waals surface area contributed by atoms with E-state index in [1.54, 1.807) is 25.3 Å². The molecule has 0 aromatic heterocycles. The Morgan fingerprint density at radius 2 is 2.23 bits per heavy atom. The van der Waals surface area contributed by atoms with E-state index in [1.807, 2.05) is 0 Å². The molecule has 1 N–H and O–H groups in total. The number of rotatable bonds is 7. The van der Waals surface area contributed by atoms with E-state index < -0.39 is 0 Å². The van der Waals surface area contributed by atoms with E-state index in [0.29, 0.717) is 18.2 Å². The van der Waals surface area contributed by atoms with Crippen molar-refractivity contribution in [2.75, 3.05) is 26.8 Å². The predicted octanol–water partition coefficient (Wildman–Crippen LogP) is 2.33. The number of carbonyl (C=O) groups excluding carboxylic acids is 1. The van der Waals surface area contributed by atoms with E-state index in [4.69, 9.17) is 4.74 Å². The van der Waals surface area contributed by atoms with Crippen molar-refractivity contribution in [1.82, 2.24) is 10.2 Å². The minimum Gasteiger partial charge on any atom is -0.385 e. The lowest BCUT2D eigenvalue weighted by atomic mass is 9.99. The van der Waals surface area contributed by atoms with Gasteiger partial charge in [0.15, 0.2) is 0 Å². The smallest absolute Gasteiger partial charge is 0.234 e. The molecular formula is C17H25FN2O2. The van der Waals surface area contributed by atoms with Crippen LogP contribution in [0.2, 0.25) is 0 Å². The van der Waals surface area contributed by atoms with Gasteiger partial charge in [-0.3, -0.25) is 9.69 Å². The largest absolute Gasteiger partial charge is 0.385 e. The van der Waals surface area contributed by atoms with E-state index in [0.717, 1.165) is 32.4 Å². The molecule has 1 saturated heterocycles. The second-order valence-corrected chi connectivity index (χ2v) is 5.77. The van der Waals surface area contributed by atoms with Crippen LogP contribution in [0.15, 0.2) is 24.3 Å². The Morgan fingerprint density at radius 1 is 1.41 bits per heavy atom. The maximum atomic E-state index is 13.5. The molecule has 1 aromatic rings. The van der Waals surface area contributed by atoms with Gasteiger partial charge in [-0.05, 0) is 31.9 Å². The highest BCUT2D eigenvalue weighted by Gasteiger charge is 2.23. The number of nitrogens with zero attached hydrogens (tertiary/aromatic N) is 1. The van der Waals surface area contributed by atoms with E-state index >= 15 is 0 Å². The molecule has 1 amide bonds. The fourth-order valence-electron chi connectivity index (χ4n) is 2.92. The summed E-state index contributed by atoms with van der Waals surface area (Å²) in [5.74, 6) is -0.327. The van der Waals surface area contributed by atoms with Crippen LogP contribution in [0.3, 0.4) is 0 Å². The average Bonchev–Trinajstić information content (AvgIpc) is 2.53. The van der Waals surface area contributed by atoms with Gasteiger partial charge in [-0.25, -0.2) is 4.39 Å². The molecule has 0 radical (unpaired) electrons. The Balaban J connectivity index is 1.81. The van der Waals surface area contributed by atoms with Gasteiger partial charge in [0.1, 0.15) is 5.82 Å². The molecule has 1 aliphatic rings. The minimum absolute atomic E-state index is 0.0485. The van der Waals surface area contributed by atoms with Gasteiger partial charge in [0.05, 0.1) is 6.54 Å². The van der Waals surface area contributed by atoms with E-state index in [2.05, 4.69) is 10.2 Å². The van der Waals surface area contributed by atoms with Gasteiger partial charge in [0.2, 0.25) is 5.91 Å². The lowest BCUT2D eigenvalue weighted by Crippen LogP contribution is -2.45. The van der Waals surface area contributed by atoms with Gasteiger partial charge in [-0.1, -0.05) is 24.6 Å². The number of halogens is 1. The molecular weight excluding hydrogens is 283 g/mol. The Hall–Kier alpha value is -1.46. The van der Waals surface area contributed by atoms with Crippen molar-refractivity contribution >= 4 is 5.91 Å². The van der Waals surface area contributed by atoms with Crippen LogP contribution < -0.4 is 5.32 Å². The van der Waals surface area contributed by atoms with Crippen LogP contribution in [0.25, 0.3) is 0 Å². The van der Waals surface area contributed by atoms with Crippen molar-refractivity contribution < 1.29 is 13.9 Å². The van der Waals surface area contributed by atoms with Gasteiger partial charge in [-0.2, -0.15) is 0 Å². The highest BCUT2D eigenvalue weighted by Crippen LogP contribution is 2.19. The highest BCUT2D eigenvalue weighted by molar-refractivity contribution is 5.78. The number of nitrogens with one attached hydrogen (secondary N) is 1. The van der Waals surface area contributed by atoms with Gasteiger partial charge in [0, 0.05) is 31.9 Å². The first-order valence-electron chi connectivity index (χ1n) is 7.94. The number of ether oxygens (including phenoxy) is 1. The summed E-state index contributed by atoms with van der Waals surface area (Å²) in [4.78, 5) is 14.3. The van der Waals surface area contributed by atoms with Crippen molar-refractivity contribution in [3.05, 3.63) is 35.6 Å². The van der Waals surface area contributed by atoms with Gasteiger partial charge in [-0.15, -0.1) is 0 Å². The van der Waals surface area contributed by atoms with Crippen molar-refractivity contribution in [3.8, 4) is 0 Å². The summed E-state index contributed by atoms with van der Waals surface area (Å²) in [5, 5.41) is 2.81. The normalized spacial score (nSPS) is 19.1. The standard InChI is InChI=1S/C17H25FN2O2/c1-22-11-9-15-7-4-5-10-20(15)13-17(21)19-12-14-6-2-3-8-16(14)18/h2-3,6,8,15H,4-5,7,9-13H2,1H3,(H,19,21)/t15-/m0/s1. The molecule has 122 valence electrons. The summed E-state index contributed by atoms with van der Waals surface area (Å²) in [5.41, 5.74) is 0.519. The number of amides is 1. The molecule has 1 aromatic carbocycles.